The Hall–Kier alpha value is -2.85. The van der Waals surface area contributed by atoms with Gasteiger partial charge in [-0.1, -0.05) is 41.9 Å². The summed E-state index contributed by atoms with van der Waals surface area (Å²) in [6, 6.07) is 19.9. The van der Waals surface area contributed by atoms with Crippen molar-refractivity contribution in [3.63, 3.8) is 0 Å². The molecule has 27 heavy (non-hydrogen) atoms. The Morgan fingerprint density at radius 3 is 2.41 bits per heavy atom. The molecule has 2 aromatic heterocycles. The van der Waals surface area contributed by atoms with Crippen LogP contribution < -0.4 is 5.56 Å². The maximum Gasteiger partial charge on any atom is 0.254 e. The molecule has 0 unspecified atom stereocenters. The fourth-order valence-corrected chi connectivity index (χ4v) is 3.75. The minimum absolute atomic E-state index is 0.0767. The molecule has 0 saturated heterocycles. The number of benzene rings is 2. The lowest BCUT2D eigenvalue weighted by atomic mass is 10.1. The number of pyridine rings is 1. The molecule has 1 saturated carbocycles. The summed E-state index contributed by atoms with van der Waals surface area (Å²) in [5.41, 5.74) is 5.43. The van der Waals surface area contributed by atoms with Crippen LogP contribution in [0.4, 0.5) is 0 Å². The maximum absolute atomic E-state index is 13.0. The summed E-state index contributed by atoms with van der Waals surface area (Å²) < 4.78 is 3.88. The van der Waals surface area contributed by atoms with Crippen LogP contribution >= 0.6 is 11.6 Å². The fraction of sp³-hybridized carbons (Fsp3) is 0.182. The Morgan fingerprint density at radius 1 is 1.04 bits per heavy atom. The van der Waals surface area contributed by atoms with Crippen molar-refractivity contribution in [1.29, 1.82) is 0 Å². The van der Waals surface area contributed by atoms with E-state index in [4.69, 9.17) is 16.7 Å². The quantitative estimate of drug-likeness (QED) is 0.496. The maximum atomic E-state index is 13.0. The summed E-state index contributed by atoms with van der Waals surface area (Å²) in [4.78, 5) is 13.0. The zero-order valence-electron chi connectivity index (χ0n) is 14.9. The highest BCUT2D eigenvalue weighted by Crippen LogP contribution is 2.39. The Balaban J connectivity index is 1.92. The molecule has 2 aromatic carbocycles. The van der Waals surface area contributed by atoms with Crippen molar-refractivity contribution in [3.8, 4) is 16.9 Å². The Morgan fingerprint density at radius 2 is 1.74 bits per heavy atom. The predicted molar refractivity (Wildman–Crippen MR) is 109 cm³/mol. The topological polar surface area (TPSA) is 39.8 Å². The lowest BCUT2D eigenvalue weighted by molar-refractivity contribution is 0.734. The van der Waals surface area contributed by atoms with Gasteiger partial charge >= 0.3 is 0 Å². The summed E-state index contributed by atoms with van der Waals surface area (Å²) in [5.74, 6) is 0. The summed E-state index contributed by atoms with van der Waals surface area (Å²) in [5, 5.41) is 5.56. The first-order valence-electron chi connectivity index (χ1n) is 9.10. The molecular formula is C22H18ClN3O. The molecule has 0 spiro atoms. The zero-order chi connectivity index (χ0) is 18.5. The normalized spacial score (nSPS) is 14.0. The first kappa shape index (κ1) is 16.3. The Labute approximate surface area is 161 Å². The smallest absolute Gasteiger partial charge is 0.254 e. The van der Waals surface area contributed by atoms with Crippen LogP contribution in [0.25, 0.3) is 28.0 Å². The lowest BCUT2D eigenvalue weighted by Crippen LogP contribution is -2.21. The molecule has 0 radical (unpaired) electrons. The molecule has 0 aliphatic heterocycles. The fourth-order valence-electron chi connectivity index (χ4n) is 3.62. The van der Waals surface area contributed by atoms with Crippen LogP contribution in [-0.4, -0.2) is 14.3 Å². The third kappa shape index (κ3) is 2.68. The highest BCUT2D eigenvalue weighted by Gasteiger charge is 2.30. The van der Waals surface area contributed by atoms with E-state index in [1.807, 2.05) is 76.8 Å². The Bertz CT molecular complexity index is 1200. The van der Waals surface area contributed by atoms with E-state index in [2.05, 4.69) is 0 Å². The second-order valence-corrected chi connectivity index (χ2v) is 7.51. The van der Waals surface area contributed by atoms with Crippen LogP contribution in [0, 0.1) is 6.92 Å². The molecule has 1 fully saturated rings. The number of fused-ring (bicyclic) bond motifs is 1. The van der Waals surface area contributed by atoms with Gasteiger partial charge in [-0.05, 0) is 50.1 Å². The number of hydrogen-bond acceptors (Lipinski definition) is 2. The first-order valence-corrected chi connectivity index (χ1v) is 9.47. The number of aryl methyl sites for hydroxylation is 1. The average Bonchev–Trinajstić information content (AvgIpc) is 3.45. The van der Waals surface area contributed by atoms with Crippen molar-refractivity contribution in [1.82, 2.24) is 14.3 Å². The Kier molecular flexibility index (Phi) is 3.69. The van der Waals surface area contributed by atoms with Crippen molar-refractivity contribution in [3.05, 3.63) is 81.6 Å². The molecule has 4 aromatic rings. The van der Waals surface area contributed by atoms with Crippen LogP contribution in [0.5, 0.6) is 0 Å². The van der Waals surface area contributed by atoms with Gasteiger partial charge in [0.25, 0.3) is 5.56 Å². The molecule has 0 N–H and O–H groups in total. The van der Waals surface area contributed by atoms with Gasteiger partial charge in [-0.2, -0.15) is 5.10 Å². The van der Waals surface area contributed by atoms with Gasteiger partial charge in [0.2, 0.25) is 0 Å². The SMILES string of the molecule is Cc1cc2nn(-c3ccccc3)c(-c3ccc(Cl)cc3)c2n(C2CC2)c1=O. The summed E-state index contributed by atoms with van der Waals surface area (Å²) >= 11 is 6.11. The molecule has 0 amide bonds. The van der Waals surface area contributed by atoms with Crippen LogP contribution in [0.1, 0.15) is 24.4 Å². The largest absolute Gasteiger partial charge is 0.301 e. The molecule has 5 rings (SSSR count). The first-order chi connectivity index (χ1) is 13.1. The second-order valence-electron chi connectivity index (χ2n) is 7.07. The van der Waals surface area contributed by atoms with Gasteiger partial charge in [-0.25, -0.2) is 4.68 Å². The number of hydrogen-bond donors (Lipinski definition) is 0. The number of nitrogens with zero attached hydrogens (tertiary/aromatic N) is 3. The van der Waals surface area contributed by atoms with Gasteiger partial charge < -0.3 is 4.57 Å². The number of aromatic nitrogens is 3. The predicted octanol–water partition coefficient (Wildman–Crippen LogP) is 5.15. The number of halogens is 1. The van der Waals surface area contributed by atoms with E-state index in [1.165, 1.54) is 0 Å². The molecule has 0 bridgehead atoms. The average molecular weight is 376 g/mol. The van der Waals surface area contributed by atoms with E-state index >= 15 is 0 Å². The van der Waals surface area contributed by atoms with Gasteiger partial charge in [0, 0.05) is 22.2 Å². The second kappa shape index (κ2) is 6.10. The molecule has 0 atom stereocenters. The van der Waals surface area contributed by atoms with E-state index in [-0.39, 0.29) is 11.6 Å². The van der Waals surface area contributed by atoms with E-state index < -0.39 is 0 Å². The van der Waals surface area contributed by atoms with Gasteiger partial charge in [0.05, 0.1) is 16.9 Å². The highest BCUT2D eigenvalue weighted by molar-refractivity contribution is 6.30. The van der Waals surface area contributed by atoms with Crippen LogP contribution in [0.3, 0.4) is 0 Å². The standard InChI is InChI=1S/C22H18ClN3O/c1-14-13-19-21(25(22(14)27)17-11-12-17)20(15-7-9-16(23)10-8-15)26(24-19)18-5-3-2-4-6-18/h2-10,13,17H,11-12H2,1H3. The van der Waals surface area contributed by atoms with E-state index in [9.17, 15) is 4.79 Å². The molecule has 4 nitrogen and oxygen atoms in total. The molecule has 1 aliphatic carbocycles. The number of para-hydroxylation sites is 1. The monoisotopic (exact) mass is 375 g/mol. The van der Waals surface area contributed by atoms with Crippen molar-refractivity contribution in [2.75, 3.05) is 0 Å². The van der Waals surface area contributed by atoms with Crippen molar-refractivity contribution < 1.29 is 0 Å². The van der Waals surface area contributed by atoms with E-state index in [1.54, 1.807) is 0 Å². The molecule has 2 heterocycles. The minimum atomic E-state index is 0.0767. The van der Waals surface area contributed by atoms with Gasteiger partial charge in [-0.15, -0.1) is 0 Å². The minimum Gasteiger partial charge on any atom is -0.301 e. The number of rotatable bonds is 3. The van der Waals surface area contributed by atoms with E-state index in [0.717, 1.165) is 46.4 Å². The zero-order valence-corrected chi connectivity index (χ0v) is 15.6. The third-order valence-corrected chi connectivity index (χ3v) is 5.32. The molecular weight excluding hydrogens is 358 g/mol. The summed E-state index contributed by atoms with van der Waals surface area (Å²) in [6.07, 6.45) is 2.07. The molecule has 134 valence electrons. The van der Waals surface area contributed by atoms with Gasteiger partial charge in [-0.3, -0.25) is 4.79 Å². The third-order valence-electron chi connectivity index (χ3n) is 5.07. The van der Waals surface area contributed by atoms with Crippen LogP contribution in [0.15, 0.2) is 65.5 Å². The van der Waals surface area contributed by atoms with Crippen LogP contribution in [0.2, 0.25) is 5.02 Å². The van der Waals surface area contributed by atoms with Gasteiger partial charge in [0.1, 0.15) is 5.52 Å². The van der Waals surface area contributed by atoms with Crippen LogP contribution in [-0.2, 0) is 0 Å². The molecule has 1 aliphatic rings. The summed E-state index contributed by atoms with van der Waals surface area (Å²) in [7, 11) is 0. The van der Waals surface area contributed by atoms with E-state index in [0.29, 0.717) is 5.02 Å². The van der Waals surface area contributed by atoms with Crippen molar-refractivity contribution in [2.24, 2.45) is 0 Å². The summed E-state index contributed by atoms with van der Waals surface area (Å²) in [6.45, 7) is 1.87. The highest BCUT2D eigenvalue weighted by atomic mass is 35.5. The van der Waals surface area contributed by atoms with Gasteiger partial charge in [0.15, 0.2) is 0 Å². The molecule has 5 heteroatoms. The van der Waals surface area contributed by atoms with Crippen molar-refractivity contribution in [2.45, 2.75) is 25.8 Å². The van der Waals surface area contributed by atoms with Crippen molar-refractivity contribution >= 4 is 22.6 Å². The lowest BCUT2D eigenvalue weighted by Gasteiger charge is -2.12.